The Hall–Kier alpha value is -6.44. The van der Waals surface area contributed by atoms with Crippen LogP contribution >= 0.6 is 0 Å². The molecular weight excluding hydrogens is 639 g/mol. The van der Waals surface area contributed by atoms with Crippen molar-refractivity contribution in [3.8, 4) is 44.5 Å². The summed E-state index contributed by atoms with van der Waals surface area (Å²) in [6.07, 6.45) is 0. The van der Waals surface area contributed by atoms with E-state index in [1.807, 2.05) is 0 Å². The van der Waals surface area contributed by atoms with Gasteiger partial charge in [0.15, 0.2) is 0 Å². The van der Waals surface area contributed by atoms with Crippen molar-refractivity contribution in [1.29, 1.82) is 0 Å². The number of hydrogen-bond donors (Lipinski definition) is 0. The van der Waals surface area contributed by atoms with Gasteiger partial charge in [-0.1, -0.05) is 172 Å². The van der Waals surface area contributed by atoms with Crippen LogP contribution in [0.15, 0.2) is 188 Å². The van der Waals surface area contributed by atoms with Crippen molar-refractivity contribution >= 4 is 17.1 Å². The molecule has 0 bridgehead atoms. The van der Waals surface area contributed by atoms with E-state index < -0.39 is 5.41 Å². The van der Waals surface area contributed by atoms with Gasteiger partial charge < -0.3 is 4.90 Å². The van der Waals surface area contributed by atoms with Gasteiger partial charge in [0, 0.05) is 27.9 Å². The quantitative estimate of drug-likeness (QED) is 0.179. The highest BCUT2D eigenvalue weighted by Crippen LogP contribution is 2.68. The molecule has 0 N–H and O–H groups in total. The molecule has 3 aliphatic carbocycles. The smallest absolute Gasteiger partial charge is 0.0726 e. The fourth-order valence-electron chi connectivity index (χ4n) is 10.0. The summed E-state index contributed by atoms with van der Waals surface area (Å²) in [6, 6.07) is 70.0. The molecular formula is C52H37N. The Morgan fingerprint density at radius 1 is 0.340 bits per heavy atom. The van der Waals surface area contributed by atoms with Crippen LogP contribution in [0, 0.1) is 0 Å². The third kappa shape index (κ3) is 3.97. The van der Waals surface area contributed by atoms with E-state index in [0.29, 0.717) is 0 Å². The molecule has 0 radical (unpaired) electrons. The standard InChI is InChI=1S/C52H37N/c1-51(2)45-32-35(34-18-6-3-7-19-34)30-31-41(45)48-46(51)33-47-49(50(48)53(36-20-8-4-9-21-36)37-22-10-5-11-23-37)40-26-14-17-29-44(40)52(47)42-27-15-12-24-38(42)39-25-13-16-28-43(39)52/h3-33H,1-2H3. The first-order valence-electron chi connectivity index (χ1n) is 18.7. The van der Waals surface area contributed by atoms with Gasteiger partial charge in [-0.25, -0.2) is 0 Å². The maximum absolute atomic E-state index is 2.61. The number of benzene rings is 8. The number of hydrogen-bond acceptors (Lipinski definition) is 1. The van der Waals surface area contributed by atoms with Gasteiger partial charge in [0.1, 0.15) is 0 Å². The summed E-state index contributed by atoms with van der Waals surface area (Å²) in [7, 11) is 0. The van der Waals surface area contributed by atoms with Crippen molar-refractivity contribution in [1.82, 2.24) is 0 Å². The largest absolute Gasteiger partial charge is 0.309 e. The fraction of sp³-hybridized carbons (Fsp3) is 0.0769. The second-order valence-electron chi connectivity index (χ2n) is 15.2. The molecule has 1 nitrogen and oxygen atoms in total. The van der Waals surface area contributed by atoms with Gasteiger partial charge in [-0.3, -0.25) is 0 Å². The predicted octanol–water partition coefficient (Wildman–Crippen LogP) is 13.5. The molecule has 0 saturated carbocycles. The SMILES string of the molecule is CC1(C)c2cc(-c3ccccc3)ccc2-c2c1cc1c(c2N(c2ccccc2)c2ccccc2)-c2ccccc2C12c1ccccc1-c1ccccc12. The van der Waals surface area contributed by atoms with Crippen molar-refractivity contribution in [2.75, 3.05) is 4.90 Å². The van der Waals surface area contributed by atoms with Crippen LogP contribution in [0.4, 0.5) is 17.1 Å². The lowest BCUT2D eigenvalue weighted by molar-refractivity contribution is 0.657. The van der Waals surface area contributed by atoms with Crippen LogP contribution in [0.5, 0.6) is 0 Å². The van der Waals surface area contributed by atoms with Crippen LogP contribution in [0.1, 0.15) is 47.2 Å². The molecule has 0 amide bonds. The predicted molar refractivity (Wildman–Crippen MR) is 220 cm³/mol. The third-order valence-electron chi connectivity index (χ3n) is 12.3. The van der Waals surface area contributed by atoms with E-state index in [0.717, 1.165) is 11.4 Å². The Kier molecular flexibility index (Phi) is 6.29. The zero-order chi connectivity index (χ0) is 35.3. The lowest BCUT2D eigenvalue weighted by Gasteiger charge is -2.34. The van der Waals surface area contributed by atoms with Crippen molar-refractivity contribution in [2.45, 2.75) is 24.7 Å². The van der Waals surface area contributed by atoms with Gasteiger partial charge in [-0.05, 0) is 97.1 Å². The molecule has 0 fully saturated rings. The van der Waals surface area contributed by atoms with Crippen molar-refractivity contribution in [2.24, 2.45) is 0 Å². The number of nitrogens with zero attached hydrogens (tertiary/aromatic N) is 1. The van der Waals surface area contributed by atoms with Crippen molar-refractivity contribution in [3.63, 3.8) is 0 Å². The monoisotopic (exact) mass is 675 g/mol. The van der Waals surface area contributed by atoms with E-state index in [1.165, 1.54) is 83.6 Å². The second kappa shape index (κ2) is 11.0. The molecule has 0 unspecified atom stereocenters. The summed E-state index contributed by atoms with van der Waals surface area (Å²) in [4.78, 5) is 2.54. The molecule has 0 saturated heterocycles. The molecule has 8 aromatic rings. The minimum atomic E-state index is -0.456. The average molecular weight is 676 g/mol. The highest BCUT2D eigenvalue weighted by molar-refractivity contribution is 6.08. The van der Waals surface area contributed by atoms with Crippen LogP contribution < -0.4 is 4.90 Å². The zero-order valence-electron chi connectivity index (χ0n) is 29.8. The van der Waals surface area contributed by atoms with Gasteiger partial charge in [-0.2, -0.15) is 0 Å². The molecule has 0 aliphatic heterocycles. The minimum Gasteiger partial charge on any atom is -0.309 e. The highest BCUT2D eigenvalue weighted by atomic mass is 15.1. The van der Waals surface area contributed by atoms with Gasteiger partial charge in [-0.15, -0.1) is 0 Å². The number of para-hydroxylation sites is 2. The van der Waals surface area contributed by atoms with E-state index in [1.54, 1.807) is 0 Å². The van der Waals surface area contributed by atoms with Gasteiger partial charge in [0.2, 0.25) is 0 Å². The molecule has 53 heavy (non-hydrogen) atoms. The van der Waals surface area contributed by atoms with E-state index in [9.17, 15) is 0 Å². The molecule has 0 atom stereocenters. The minimum absolute atomic E-state index is 0.258. The second-order valence-corrected chi connectivity index (χ2v) is 15.2. The lowest BCUT2D eigenvalue weighted by Crippen LogP contribution is -2.27. The molecule has 0 aromatic heterocycles. The Morgan fingerprint density at radius 3 is 1.38 bits per heavy atom. The first-order chi connectivity index (χ1) is 26.1. The van der Waals surface area contributed by atoms with Gasteiger partial charge in [0.05, 0.1) is 11.1 Å². The summed E-state index contributed by atoms with van der Waals surface area (Å²) >= 11 is 0. The fourth-order valence-corrected chi connectivity index (χ4v) is 10.0. The van der Waals surface area contributed by atoms with Crippen LogP contribution in [0.2, 0.25) is 0 Å². The summed E-state index contributed by atoms with van der Waals surface area (Å²) in [5.74, 6) is 0. The summed E-state index contributed by atoms with van der Waals surface area (Å²) in [6.45, 7) is 4.87. The molecule has 3 aliphatic rings. The van der Waals surface area contributed by atoms with Gasteiger partial charge in [0.25, 0.3) is 0 Å². The van der Waals surface area contributed by atoms with Crippen LogP contribution in [0.3, 0.4) is 0 Å². The van der Waals surface area contributed by atoms with Crippen molar-refractivity contribution in [3.05, 3.63) is 221 Å². The summed E-state index contributed by atoms with van der Waals surface area (Å²) < 4.78 is 0. The van der Waals surface area contributed by atoms with Crippen LogP contribution in [-0.4, -0.2) is 0 Å². The molecule has 11 rings (SSSR count). The maximum Gasteiger partial charge on any atom is 0.0726 e. The van der Waals surface area contributed by atoms with E-state index >= 15 is 0 Å². The van der Waals surface area contributed by atoms with E-state index in [2.05, 4.69) is 207 Å². The molecule has 250 valence electrons. The van der Waals surface area contributed by atoms with Crippen molar-refractivity contribution < 1.29 is 0 Å². The maximum atomic E-state index is 2.61. The normalized spacial score (nSPS) is 14.5. The zero-order valence-corrected chi connectivity index (χ0v) is 29.8. The molecule has 8 aromatic carbocycles. The van der Waals surface area contributed by atoms with Crippen LogP contribution in [0.25, 0.3) is 44.5 Å². The first kappa shape index (κ1) is 30.2. The highest BCUT2D eigenvalue weighted by Gasteiger charge is 2.54. The summed E-state index contributed by atoms with van der Waals surface area (Å²) in [5.41, 5.74) is 21.4. The topological polar surface area (TPSA) is 3.24 Å². The van der Waals surface area contributed by atoms with Gasteiger partial charge >= 0.3 is 0 Å². The van der Waals surface area contributed by atoms with Crippen LogP contribution in [-0.2, 0) is 10.8 Å². The number of rotatable bonds is 4. The van der Waals surface area contributed by atoms with E-state index in [-0.39, 0.29) is 5.41 Å². The summed E-state index contributed by atoms with van der Waals surface area (Å²) in [5, 5.41) is 0. The molecule has 1 spiro atoms. The average Bonchev–Trinajstić information content (AvgIpc) is 3.77. The Bertz CT molecular complexity index is 2660. The Morgan fingerprint density at radius 2 is 0.792 bits per heavy atom. The first-order valence-corrected chi connectivity index (χ1v) is 18.7. The Balaban J connectivity index is 1.33. The lowest BCUT2D eigenvalue weighted by atomic mass is 9.69. The number of fused-ring (bicyclic) bond motifs is 13. The molecule has 0 heterocycles. The number of anilines is 3. The van der Waals surface area contributed by atoms with E-state index in [4.69, 9.17) is 0 Å². The molecule has 1 heteroatoms. The Labute approximate surface area is 311 Å². The third-order valence-corrected chi connectivity index (χ3v) is 12.3.